The summed E-state index contributed by atoms with van der Waals surface area (Å²) in [5.74, 6) is 0.770. The maximum atomic E-state index is 12.8. The summed E-state index contributed by atoms with van der Waals surface area (Å²) in [7, 11) is -2.38. The maximum absolute atomic E-state index is 12.8. The summed E-state index contributed by atoms with van der Waals surface area (Å²) < 4.78 is 41.7. The Balaban J connectivity index is 1.30. The molecule has 0 fully saturated rings. The van der Waals surface area contributed by atoms with Crippen LogP contribution in [0.4, 0.5) is 5.69 Å². The lowest BCUT2D eigenvalue weighted by atomic mass is 10.3. The summed E-state index contributed by atoms with van der Waals surface area (Å²) in [5.41, 5.74) is 1.03. The standard InChI is InChI=1S/C21H16N6O5S/c1-26-17-12-16(6-7-18(17)32-21(26)28)33(29,30)25-14-2-4-15(5-3-14)31-20-9-8-19(23-24-20)27-11-10-22-13-27/h2-13,25H,1H3. The summed E-state index contributed by atoms with van der Waals surface area (Å²) in [5, 5.41) is 8.10. The highest BCUT2D eigenvalue weighted by atomic mass is 32.2. The second-order valence-corrected chi connectivity index (χ2v) is 8.67. The third-order valence-corrected chi connectivity index (χ3v) is 6.18. The van der Waals surface area contributed by atoms with Gasteiger partial charge < -0.3 is 9.15 Å². The number of benzene rings is 2. The highest BCUT2D eigenvalue weighted by molar-refractivity contribution is 7.92. The van der Waals surface area contributed by atoms with Crippen molar-refractivity contribution in [3.8, 4) is 17.4 Å². The topological polar surface area (TPSA) is 134 Å². The number of sulfonamides is 1. The van der Waals surface area contributed by atoms with Crippen LogP contribution in [0.2, 0.25) is 0 Å². The number of aromatic nitrogens is 5. The van der Waals surface area contributed by atoms with Crippen molar-refractivity contribution in [1.82, 2.24) is 24.3 Å². The molecule has 1 N–H and O–H groups in total. The van der Waals surface area contributed by atoms with Crippen molar-refractivity contribution < 1.29 is 17.6 Å². The van der Waals surface area contributed by atoms with Crippen molar-refractivity contribution >= 4 is 26.8 Å². The molecular formula is C21H16N6O5S. The number of nitrogens with zero attached hydrogens (tertiary/aromatic N) is 5. The van der Waals surface area contributed by atoms with Crippen molar-refractivity contribution in [3.05, 3.63) is 83.9 Å². The molecule has 0 aliphatic heterocycles. The molecular weight excluding hydrogens is 448 g/mol. The van der Waals surface area contributed by atoms with Gasteiger partial charge in [-0.05, 0) is 48.5 Å². The molecule has 0 bridgehead atoms. The summed E-state index contributed by atoms with van der Waals surface area (Å²) >= 11 is 0. The Morgan fingerprint density at radius 1 is 1.03 bits per heavy atom. The normalized spacial score (nSPS) is 11.5. The molecule has 12 heteroatoms. The van der Waals surface area contributed by atoms with E-state index in [-0.39, 0.29) is 10.8 Å². The van der Waals surface area contributed by atoms with Gasteiger partial charge in [-0.15, -0.1) is 10.2 Å². The largest absolute Gasteiger partial charge is 0.438 e. The molecule has 11 nitrogen and oxygen atoms in total. The van der Waals surface area contributed by atoms with E-state index in [0.717, 1.165) is 0 Å². The molecule has 0 saturated carbocycles. The van der Waals surface area contributed by atoms with Gasteiger partial charge in [0.2, 0.25) is 5.88 Å². The highest BCUT2D eigenvalue weighted by Crippen LogP contribution is 2.24. The molecule has 0 aliphatic rings. The van der Waals surface area contributed by atoms with E-state index in [1.54, 1.807) is 59.7 Å². The Hall–Kier alpha value is -4.45. The minimum absolute atomic E-state index is 0.0000159. The number of nitrogens with one attached hydrogen (secondary N) is 1. The monoisotopic (exact) mass is 464 g/mol. The second-order valence-electron chi connectivity index (χ2n) is 6.99. The first-order valence-electron chi connectivity index (χ1n) is 9.61. The molecule has 0 aliphatic carbocycles. The predicted molar refractivity (Wildman–Crippen MR) is 118 cm³/mol. The minimum Gasteiger partial charge on any atom is -0.438 e. The molecule has 0 amide bonds. The number of hydrogen-bond donors (Lipinski definition) is 1. The Labute approximate surface area is 187 Å². The van der Waals surface area contributed by atoms with Gasteiger partial charge in [0.1, 0.15) is 12.1 Å². The van der Waals surface area contributed by atoms with E-state index in [0.29, 0.717) is 28.4 Å². The lowest BCUT2D eigenvalue weighted by molar-refractivity contribution is 0.454. The first kappa shape index (κ1) is 20.5. The zero-order valence-electron chi connectivity index (χ0n) is 17.1. The number of aryl methyl sites for hydroxylation is 1. The average Bonchev–Trinajstić information content (AvgIpc) is 3.44. The molecule has 0 unspecified atom stereocenters. The first-order chi connectivity index (χ1) is 15.9. The first-order valence-corrected chi connectivity index (χ1v) is 11.1. The predicted octanol–water partition coefficient (Wildman–Crippen LogP) is 2.70. The van der Waals surface area contributed by atoms with Crippen LogP contribution >= 0.6 is 0 Å². The Bertz CT molecular complexity index is 1590. The molecule has 3 heterocycles. The van der Waals surface area contributed by atoms with Gasteiger partial charge in [0.25, 0.3) is 10.0 Å². The summed E-state index contributed by atoms with van der Waals surface area (Å²) in [4.78, 5) is 15.6. The van der Waals surface area contributed by atoms with Crippen molar-refractivity contribution in [2.24, 2.45) is 7.05 Å². The number of imidazole rings is 1. The lowest BCUT2D eigenvalue weighted by Gasteiger charge is -2.10. The van der Waals surface area contributed by atoms with Crippen molar-refractivity contribution in [1.29, 1.82) is 0 Å². The van der Waals surface area contributed by atoms with Crippen LogP contribution in [0.25, 0.3) is 16.9 Å². The van der Waals surface area contributed by atoms with Gasteiger partial charge in [0.15, 0.2) is 11.4 Å². The van der Waals surface area contributed by atoms with Crippen LogP contribution in [-0.2, 0) is 17.1 Å². The summed E-state index contributed by atoms with van der Waals surface area (Å²) in [6.45, 7) is 0. The molecule has 2 aromatic carbocycles. The van der Waals surface area contributed by atoms with Crippen LogP contribution in [0.5, 0.6) is 11.6 Å². The number of fused-ring (bicyclic) bond motifs is 1. The molecule has 5 aromatic rings. The van der Waals surface area contributed by atoms with Crippen molar-refractivity contribution in [3.63, 3.8) is 0 Å². The van der Waals surface area contributed by atoms with Gasteiger partial charge in [0, 0.05) is 31.2 Å². The fourth-order valence-corrected chi connectivity index (χ4v) is 4.18. The van der Waals surface area contributed by atoms with E-state index in [1.165, 1.54) is 29.8 Å². The Kier molecular flexibility index (Phi) is 4.90. The van der Waals surface area contributed by atoms with E-state index in [1.807, 2.05) is 0 Å². The number of hydrogen-bond acceptors (Lipinski definition) is 8. The minimum atomic E-state index is -3.89. The average molecular weight is 464 g/mol. The quantitative estimate of drug-likeness (QED) is 0.405. The Morgan fingerprint density at radius 2 is 1.85 bits per heavy atom. The fraction of sp³-hybridized carbons (Fsp3) is 0.0476. The van der Waals surface area contributed by atoms with Crippen LogP contribution in [0.15, 0.2) is 87.4 Å². The van der Waals surface area contributed by atoms with Crippen LogP contribution in [0, 0.1) is 0 Å². The van der Waals surface area contributed by atoms with E-state index in [2.05, 4.69) is 19.9 Å². The van der Waals surface area contributed by atoms with Crippen LogP contribution < -0.4 is 15.2 Å². The van der Waals surface area contributed by atoms with Crippen LogP contribution in [0.3, 0.4) is 0 Å². The smallest absolute Gasteiger partial charge is 0.419 e. The van der Waals surface area contributed by atoms with E-state index >= 15 is 0 Å². The molecule has 0 atom stereocenters. The van der Waals surface area contributed by atoms with Gasteiger partial charge >= 0.3 is 5.76 Å². The molecule has 0 radical (unpaired) electrons. The number of oxazole rings is 1. The van der Waals surface area contributed by atoms with Gasteiger partial charge in [-0.25, -0.2) is 18.2 Å². The summed E-state index contributed by atoms with van der Waals surface area (Å²) in [6, 6.07) is 13.9. The van der Waals surface area contributed by atoms with Crippen molar-refractivity contribution in [2.75, 3.05) is 4.72 Å². The van der Waals surface area contributed by atoms with Crippen LogP contribution in [-0.4, -0.2) is 32.7 Å². The lowest BCUT2D eigenvalue weighted by Crippen LogP contribution is -2.13. The fourth-order valence-electron chi connectivity index (χ4n) is 3.10. The third kappa shape index (κ3) is 4.06. The van der Waals surface area contributed by atoms with Gasteiger partial charge in [0.05, 0.1) is 10.4 Å². The third-order valence-electron chi connectivity index (χ3n) is 4.80. The SMILES string of the molecule is Cn1c(=O)oc2ccc(S(=O)(=O)Nc3ccc(Oc4ccc(-n5ccnc5)nn4)cc3)cc21. The van der Waals surface area contributed by atoms with E-state index < -0.39 is 15.8 Å². The van der Waals surface area contributed by atoms with Gasteiger partial charge in [-0.1, -0.05) is 0 Å². The second kappa shape index (κ2) is 7.91. The number of anilines is 1. The molecule has 0 saturated heterocycles. The number of rotatable bonds is 6. The van der Waals surface area contributed by atoms with E-state index in [4.69, 9.17) is 9.15 Å². The molecule has 3 aromatic heterocycles. The maximum Gasteiger partial charge on any atom is 0.419 e. The highest BCUT2D eigenvalue weighted by Gasteiger charge is 2.17. The zero-order chi connectivity index (χ0) is 23.0. The summed E-state index contributed by atoms with van der Waals surface area (Å²) in [6.07, 6.45) is 5.00. The van der Waals surface area contributed by atoms with Crippen molar-refractivity contribution in [2.45, 2.75) is 4.90 Å². The van der Waals surface area contributed by atoms with Gasteiger partial charge in [-0.3, -0.25) is 13.9 Å². The molecule has 0 spiro atoms. The molecule has 166 valence electrons. The molecule has 33 heavy (non-hydrogen) atoms. The zero-order valence-corrected chi connectivity index (χ0v) is 17.9. The van der Waals surface area contributed by atoms with E-state index in [9.17, 15) is 13.2 Å². The van der Waals surface area contributed by atoms with Crippen LogP contribution in [0.1, 0.15) is 0 Å². The van der Waals surface area contributed by atoms with Gasteiger partial charge in [-0.2, -0.15) is 0 Å². The molecule has 5 rings (SSSR count). The Morgan fingerprint density at radius 3 is 2.55 bits per heavy atom. The number of ether oxygens (including phenoxy) is 1.